The van der Waals surface area contributed by atoms with Gasteiger partial charge < -0.3 is 10.1 Å². The molecule has 3 rings (SSSR count). The Morgan fingerprint density at radius 1 is 1.12 bits per heavy atom. The Labute approximate surface area is 139 Å². The molecule has 0 spiro atoms. The fourth-order valence-electron chi connectivity index (χ4n) is 2.07. The highest BCUT2D eigenvalue weighted by atomic mass is 16.5. The van der Waals surface area contributed by atoms with E-state index in [0.29, 0.717) is 17.4 Å². The van der Waals surface area contributed by atoms with Gasteiger partial charge in [-0.1, -0.05) is 18.2 Å². The highest BCUT2D eigenvalue weighted by Crippen LogP contribution is 2.12. The third-order valence-electron chi connectivity index (χ3n) is 3.50. The van der Waals surface area contributed by atoms with Crippen LogP contribution < -0.4 is 10.1 Å². The zero-order valence-corrected chi connectivity index (χ0v) is 13.4. The van der Waals surface area contributed by atoms with Gasteiger partial charge in [-0.2, -0.15) is 0 Å². The summed E-state index contributed by atoms with van der Waals surface area (Å²) in [6.07, 6.45) is 4.78. The summed E-state index contributed by atoms with van der Waals surface area (Å²) in [6.45, 7) is 3.79. The average Bonchev–Trinajstić information content (AvgIpc) is 2.94. The Bertz CT molecular complexity index is 828. The third-order valence-corrected chi connectivity index (χ3v) is 3.50. The number of imidazole rings is 1. The minimum atomic E-state index is -0.273. The van der Waals surface area contributed by atoms with Crippen molar-refractivity contribution in [3.05, 3.63) is 60.4 Å². The Morgan fingerprint density at radius 2 is 1.83 bits per heavy atom. The molecule has 0 radical (unpaired) electrons. The van der Waals surface area contributed by atoms with E-state index in [0.717, 1.165) is 11.4 Å². The first-order valence-electron chi connectivity index (χ1n) is 7.44. The van der Waals surface area contributed by atoms with Crippen LogP contribution in [0.1, 0.15) is 11.4 Å². The van der Waals surface area contributed by atoms with Gasteiger partial charge in [0.05, 0.1) is 23.8 Å². The number of nitrogens with zero attached hydrogens (tertiary/aromatic N) is 4. The fraction of sp³-hybridized carbons (Fsp3) is 0.176. The standard InChI is InChI=1S/C17H17N5O2/c1-12-13(2)22(11-20-12)17-18-8-14(9-19-17)21-16(23)10-24-15-6-4-3-5-7-15/h3-9,11H,10H2,1-2H3,(H,21,23). The summed E-state index contributed by atoms with van der Waals surface area (Å²) in [6, 6.07) is 9.16. The maximum absolute atomic E-state index is 11.9. The number of rotatable bonds is 5. The number of aromatic nitrogens is 4. The molecule has 122 valence electrons. The minimum Gasteiger partial charge on any atom is -0.484 e. The number of carbonyl (C=O) groups is 1. The van der Waals surface area contributed by atoms with E-state index < -0.39 is 0 Å². The molecule has 1 aromatic carbocycles. The van der Waals surface area contributed by atoms with E-state index in [1.807, 2.05) is 32.0 Å². The SMILES string of the molecule is Cc1ncn(-c2ncc(NC(=O)COc3ccccc3)cn2)c1C. The number of ether oxygens (including phenoxy) is 1. The summed E-state index contributed by atoms with van der Waals surface area (Å²) in [7, 11) is 0. The Kier molecular flexibility index (Phi) is 4.51. The first-order valence-corrected chi connectivity index (χ1v) is 7.44. The number of benzene rings is 1. The topological polar surface area (TPSA) is 81.9 Å². The van der Waals surface area contributed by atoms with Gasteiger partial charge in [-0.3, -0.25) is 9.36 Å². The summed E-state index contributed by atoms with van der Waals surface area (Å²) in [5.41, 5.74) is 2.41. The number of para-hydroxylation sites is 1. The number of carbonyl (C=O) groups excluding carboxylic acids is 1. The van der Waals surface area contributed by atoms with E-state index in [4.69, 9.17) is 4.74 Å². The Hall–Kier alpha value is -3.22. The van der Waals surface area contributed by atoms with Gasteiger partial charge in [0.2, 0.25) is 5.95 Å². The summed E-state index contributed by atoms with van der Waals surface area (Å²) in [5, 5.41) is 2.70. The van der Waals surface area contributed by atoms with Crippen LogP contribution in [-0.4, -0.2) is 32.0 Å². The summed E-state index contributed by atoms with van der Waals surface area (Å²) >= 11 is 0. The molecule has 2 heterocycles. The van der Waals surface area contributed by atoms with E-state index in [1.165, 1.54) is 0 Å². The van der Waals surface area contributed by atoms with E-state index in [2.05, 4.69) is 20.3 Å². The van der Waals surface area contributed by atoms with Crippen LogP contribution >= 0.6 is 0 Å². The molecule has 1 amide bonds. The normalized spacial score (nSPS) is 10.4. The molecule has 1 N–H and O–H groups in total. The second-order valence-electron chi connectivity index (χ2n) is 5.21. The monoisotopic (exact) mass is 323 g/mol. The number of anilines is 1. The maximum atomic E-state index is 11.9. The van der Waals surface area contributed by atoms with Gasteiger partial charge in [-0.05, 0) is 26.0 Å². The van der Waals surface area contributed by atoms with Gasteiger partial charge in [0.15, 0.2) is 6.61 Å². The van der Waals surface area contributed by atoms with Crippen LogP contribution in [0, 0.1) is 13.8 Å². The number of amides is 1. The van der Waals surface area contributed by atoms with Crippen molar-refractivity contribution in [2.45, 2.75) is 13.8 Å². The molecule has 0 saturated heterocycles. The van der Waals surface area contributed by atoms with E-state index >= 15 is 0 Å². The summed E-state index contributed by atoms with van der Waals surface area (Å²) < 4.78 is 7.18. The highest BCUT2D eigenvalue weighted by Gasteiger charge is 2.08. The molecule has 0 aliphatic carbocycles. The second kappa shape index (κ2) is 6.91. The van der Waals surface area contributed by atoms with Crippen LogP contribution in [0.5, 0.6) is 5.75 Å². The molecule has 7 heteroatoms. The van der Waals surface area contributed by atoms with Gasteiger partial charge >= 0.3 is 0 Å². The van der Waals surface area contributed by atoms with Crippen LogP contribution in [-0.2, 0) is 4.79 Å². The van der Waals surface area contributed by atoms with Crippen LogP contribution in [0.3, 0.4) is 0 Å². The average molecular weight is 323 g/mol. The van der Waals surface area contributed by atoms with Crippen molar-refractivity contribution >= 4 is 11.6 Å². The molecule has 0 unspecified atom stereocenters. The van der Waals surface area contributed by atoms with E-state index in [1.54, 1.807) is 35.4 Å². The fourth-order valence-corrected chi connectivity index (χ4v) is 2.07. The molecular formula is C17H17N5O2. The zero-order valence-electron chi connectivity index (χ0n) is 13.4. The van der Waals surface area contributed by atoms with Crippen LogP contribution in [0.15, 0.2) is 49.1 Å². The lowest BCUT2D eigenvalue weighted by Gasteiger charge is -2.08. The van der Waals surface area contributed by atoms with Gasteiger partial charge in [-0.15, -0.1) is 0 Å². The van der Waals surface area contributed by atoms with Crippen molar-refractivity contribution in [1.29, 1.82) is 0 Å². The molecule has 7 nitrogen and oxygen atoms in total. The van der Waals surface area contributed by atoms with Crippen molar-refractivity contribution in [3.8, 4) is 11.7 Å². The van der Waals surface area contributed by atoms with Crippen LogP contribution in [0.2, 0.25) is 0 Å². The first-order chi connectivity index (χ1) is 11.6. The number of hydrogen-bond donors (Lipinski definition) is 1. The largest absolute Gasteiger partial charge is 0.484 e. The first kappa shape index (κ1) is 15.7. The van der Waals surface area contributed by atoms with Gasteiger partial charge in [-0.25, -0.2) is 15.0 Å². The molecule has 0 aliphatic heterocycles. The Morgan fingerprint density at radius 3 is 2.46 bits per heavy atom. The molecule has 0 aliphatic rings. The van der Waals surface area contributed by atoms with Crippen molar-refractivity contribution in [2.24, 2.45) is 0 Å². The molecule has 0 atom stereocenters. The molecule has 0 fully saturated rings. The van der Waals surface area contributed by atoms with Gasteiger partial charge in [0.1, 0.15) is 12.1 Å². The third kappa shape index (κ3) is 3.57. The molecule has 0 saturated carbocycles. The molecule has 3 aromatic rings. The highest BCUT2D eigenvalue weighted by molar-refractivity contribution is 5.91. The number of aryl methyl sites for hydroxylation is 1. The van der Waals surface area contributed by atoms with Crippen molar-refractivity contribution in [2.75, 3.05) is 11.9 Å². The molecule has 0 bridgehead atoms. The smallest absolute Gasteiger partial charge is 0.262 e. The van der Waals surface area contributed by atoms with Crippen molar-refractivity contribution in [1.82, 2.24) is 19.5 Å². The predicted octanol–water partition coefficient (Wildman–Crippen LogP) is 2.30. The van der Waals surface area contributed by atoms with Gasteiger partial charge in [0, 0.05) is 5.69 Å². The minimum absolute atomic E-state index is 0.0778. The van der Waals surface area contributed by atoms with Crippen LogP contribution in [0.4, 0.5) is 5.69 Å². The maximum Gasteiger partial charge on any atom is 0.262 e. The molecule has 2 aromatic heterocycles. The number of nitrogens with one attached hydrogen (secondary N) is 1. The second-order valence-corrected chi connectivity index (χ2v) is 5.21. The van der Waals surface area contributed by atoms with Gasteiger partial charge in [0.25, 0.3) is 5.91 Å². The summed E-state index contributed by atoms with van der Waals surface area (Å²) in [4.78, 5) is 24.6. The van der Waals surface area contributed by atoms with E-state index in [9.17, 15) is 4.79 Å². The van der Waals surface area contributed by atoms with Crippen molar-refractivity contribution in [3.63, 3.8) is 0 Å². The zero-order chi connectivity index (χ0) is 16.9. The van der Waals surface area contributed by atoms with Crippen molar-refractivity contribution < 1.29 is 9.53 Å². The lowest BCUT2D eigenvalue weighted by molar-refractivity contribution is -0.118. The Balaban J connectivity index is 1.60. The number of hydrogen-bond acceptors (Lipinski definition) is 5. The quantitative estimate of drug-likeness (QED) is 0.779. The van der Waals surface area contributed by atoms with Crippen LogP contribution in [0.25, 0.3) is 5.95 Å². The lowest BCUT2D eigenvalue weighted by Crippen LogP contribution is -2.20. The van der Waals surface area contributed by atoms with E-state index in [-0.39, 0.29) is 12.5 Å². The lowest BCUT2D eigenvalue weighted by atomic mass is 10.3. The predicted molar refractivity (Wildman–Crippen MR) is 89.2 cm³/mol. The molecule has 24 heavy (non-hydrogen) atoms. The summed E-state index contributed by atoms with van der Waals surface area (Å²) in [5.74, 6) is 0.877. The molecular weight excluding hydrogens is 306 g/mol.